The average Bonchev–Trinajstić information content (AvgIpc) is 3.00. The number of nitrogens with zero attached hydrogens (tertiary/aromatic N) is 3. The van der Waals surface area contributed by atoms with Crippen molar-refractivity contribution in [3.8, 4) is 0 Å². The molecule has 1 aliphatic rings. The summed E-state index contributed by atoms with van der Waals surface area (Å²) < 4.78 is 6.82. The molecule has 2 heterocycles. The zero-order valence-electron chi connectivity index (χ0n) is 11.5. The number of ether oxygens (including phenoxy) is 1. The molecule has 0 N–H and O–H groups in total. The molecule has 19 heavy (non-hydrogen) atoms. The summed E-state index contributed by atoms with van der Waals surface area (Å²) in [5.41, 5.74) is 1.13. The summed E-state index contributed by atoms with van der Waals surface area (Å²) in [7, 11) is 1.75. The van der Waals surface area contributed by atoms with Gasteiger partial charge in [-0.15, -0.1) is 0 Å². The number of likely N-dealkylation sites (tertiary alicyclic amines) is 1. The van der Waals surface area contributed by atoms with Crippen LogP contribution in [0.25, 0.3) is 0 Å². The van der Waals surface area contributed by atoms with Crippen molar-refractivity contribution in [2.75, 3.05) is 13.1 Å². The van der Waals surface area contributed by atoms with Crippen molar-refractivity contribution in [3.63, 3.8) is 0 Å². The van der Waals surface area contributed by atoms with Crippen molar-refractivity contribution in [2.45, 2.75) is 32.8 Å². The van der Waals surface area contributed by atoms with Gasteiger partial charge in [0.05, 0.1) is 6.20 Å². The molecule has 0 aliphatic carbocycles. The molecule has 104 valence electrons. The summed E-state index contributed by atoms with van der Waals surface area (Å²) in [6.07, 6.45) is 2.76. The van der Waals surface area contributed by atoms with Gasteiger partial charge in [-0.3, -0.25) is 9.48 Å². The van der Waals surface area contributed by atoms with E-state index >= 15 is 0 Å². The Labute approximate surface area is 112 Å². The fourth-order valence-electron chi connectivity index (χ4n) is 2.17. The minimum atomic E-state index is -0.745. The van der Waals surface area contributed by atoms with Crippen LogP contribution in [-0.4, -0.2) is 45.8 Å². The summed E-state index contributed by atoms with van der Waals surface area (Å²) >= 11 is 0. The normalized spacial score (nSPS) is 16.5. The lowest BCUT2D eigenvalue weighted by Crippen LogP contribution is -2.38. The van der Waals surface area contributed by atoms with Crippen molar-refractivity contribution >= 4 is 11.9 Å². The third-order valence-corrected chi connectivity index (χ3v) is 3.50. The van der Waals surface area contributed by atoms with Crippen LogP contribution in [-0.2, 0) is 16.6 Å². The van der Waals surface area contributed by atoms with Crippen molar-refractivity contribution in [2.24, 2.45) is 7.05 Å². The second-order valence-electron chi connectivity index (χ2n) is 4.85. The summed E-state index contributed by atoms with van der Waals surface area (Å²) in [6, 6.07) is 0. The number of aromatic nitrogens is 2. The topological polar surface area (TPSA) is 64.4 Å². The Morgan fingerprint density at radius 3 is 2.53 bits per heavy atom. The minimum Gasteiger partial charge on any atom is -0.449 e. The van der Waals surface area contributed by atoms with Gasteiger partial charge in [0.2, 0.25) is 0 Å². The van der Waals surface area contributed by atoms with Gasteiger partial charge in [-0.05, 0) is 26.7 Å². The predicted octanol–water partition coefficient (Wildman–Crippen LogP) is 0.896. The lowest BCUT2D eigenvalue weighted by molar-refractivity contribution is -0.138. The number of carbonyl (C=O) groups is 2. The van der Waals surface area contributed by atoms with Gasteiger partial charge in [-0.25, -0.2) is 4.79 Å². The third-order valence-electron chi connectivity index (χ3n) is 3.50. The van der Waals surface area contributed by atoms with E-state index in [2.05, 4.69) is 5.10 Å². The molecule has 6 nitrogen and oxygen atoms in total. The molecule has 1 atom stereocenters. The third kappa shape index (κ3) is 2.77. The molecule has 1 aromatic heterocycles. The quantitative estimate of drug-likeness (QED) is 0.762. The fourth-order valence-corrected chi connectivity index (χ4v) is 2.17. The Morgan fingerprint density at radius 1 is 1.37 bits per heavy atom. The van der Waals surface area contributed by atoms with Crippen LogP contribution >= 0.6 is 0 Å². The number of rotatable bonds is 3. The Hall–Kier alpha value is -1.85. The van der Waals surface area contributed by atoms with E-state index in [1.54, 1.807) is 30.5 Å². The first-order valence-corrected chi connectivity index (χ1v) is 6.49. The van der Waals surface area contributed by atoms with E-state index in [-0.39, 0.29) is 5.91 Å². The van der Waals surface area contributed by atoms with E-state index < -0.39 is 12.1 Å². The van der Waals surface area contributed by atoms with E-state index in [0.29, 0.717) is 5.56 Å². The summed E-state index contributed by atoms with van der Waals surface area (Å²) in [4.78, 5) is 25.7. The van der Waals surface area contributed by atoms with Gasteiger partial charge in [0.1, 0.15) is 5.56 Å². The maximum atomic E-state index is 12.0. The smallest absolute Gasteiger partial charge is 0.342 e. The average molecular weight is 265 g/mol. The molecule has 1 aromatic rings. The van der Waals surface area contributed by atoms with Crippen LogP contribution in [0.2, 0.25) is 0 Å². The fraction of sp³-hybridized carbons (Fsp3) is 0.615. The first kappa shape index (κ1) is 13.6. The number of hydrogen-bond acceptors (Lipinski definition) is 4. The van der Waals surface area contributed by atoms with Crippen molar-refractivity contribution in [1.82, 2.24) is 14.7 Å². The number of hydrogen-bond donors (Lipinski definition) is 0. The molecule has 0 spiro atoms. The maximum absolute atomic E-state index is 12.0. The zero-order chi connectivity index (χ0) is 14.0. The highest BCUT2D eigenvalue weighted by Gasteiger charge is 2.27. The minimum absolute atomic E-state index is 0.118. The zero-order valence-corrected chi connectivity index (χ0v) is 11.5. The van der Waals surface area contributed by atoms with Crippen molar-refractivity contribution in [3.05, 3.63) is 17.5 Å². The molecule has 0 radical (unpaired) electrons. The largest absolute Gasteiger partial charge is 0.449 e. The predicted molar refractivity (Wildman–Crippen MR) is 68.6 cm³/mol. The van der Waals surface area contributed by atoms with Crippen LogP contribution < -0.4 is 0 Å². The van der Waals surface area contributed by atoms with Gasteiger partial charge < -0.3 is 9.64 Å². The molecular weight excluding hydrogens is 246 g/mol. The highest BCUT2D eigenvalue weighted by atomic mass is 16.5. The standard InChI is InChI=1S/C13H19N3O3/c1-9-11(8-14-15(9)3)13(18)19-10(2)12(17)16-6-4-5-7-16/h8,10H,4-7H2,1-3H3. The van der Waals surface area contributed by atoms with Gasteiger partial charge in [0, 0.05) is 25.8 Å². The Balaban J connectivity index is 1.98. The monoisotopic (exact) mass is 265 g/mol. The first-order valence-electron chi connectivity index (χ1n) is 6.49. The van der Waals surface area contributed by atoms with Gasteiger partial charge in [0.15, 0.2) is 6.10 Å². The lowest BCUT2D eigenvalue weighted by Gasteiger charge is -2.20. The molecule has 0 bridgehead atoms. The van der Waals surface area contributed by atoms with Crippen LogP contribution in [0.4, 0.5) is 0 Å². The number of aryl methyl sites for hydroxylation is 1. The highest BCUT2D eigenvalue weighted by Crippen LogP contribution is 2.13. The van der Waals surface area contributed by atoms with Gasteiger partial charge >= 0.3 is 5.97 Å². The molecule has 1 amide bonds. The van der Waals surface area contributed by atoms with Crippen LogP contribution in [0.15, 0.2) is 6.20 Å². The first-order chi connectivity index (χ1) is 9.00. The molecule has 2 rings (SSSR count). The van der Waals surface area contributed by atoms with Crippen LogP contribution in [0.1, 0.15) is 35.8 Å². The van der Waals surface area contributed by atoms with E-state index in [1.165, 1.54) is 6.20 Å². The SMILES string of the molecule is Cc1c(C(=O)OC(C)C(=O)N2CCCC2)cnn1C. The van der Waals surface area contributed by atoms with Gasteiger partial charge in [-0.1, -0.05) is 0 Å². The highest BCUT2D eigenvalue weighted by molar-refractivity contribution is 5.92. The summed E-state index contributed by atoms with van der Waals surface area (Å²) in [5.74, 6) is -0.613. The van der Waals surface area contributed by atoms with Crippen LogP contribution in [0, 0.1) is 6.92 Å². The Kier molecular flexibility index (Phi) is 3.87. The van der Waals surface area contributed by atoms with E-state index in [9.17, 15) is 9.59 Å². The Bertz CT molecular complexity index is 489. The summed E-state index contributed by atoms with van der Waals surface area (Å²) in [6.45, 7) is 4.92. The van der Waals surface area contributed by atoms with E-state index in [1.807, 2.05) is 0 Å². The van der Waals surface area contributed by atoms with Crippen LogP contribution in [0.5, 0.6) is 0 Å². The molecule has 1 saturated heterocycles. The van der Waals surface area contributed by atoms with Crippen molar-refractivity contribution in [1.29, 1.82) is 0 Å². The van der Waals surface area contributed by atoms with E-state index in [4.69, 9.17) is 4.74 Å². The molecule has 6 heteroatoms. The van der Waals surface area contributed by atoms with E-state index in [0.717, 1.165) is 31.6 Å². The molecule has 1 aliphatic heterocycles. The lowest BCUT2D eigenvalue weighted by atomic mass is 10.2. The summed E-state index contributed by atoms with van der Waals surface area (Å²) in [5, 5.41) is 3.99. The molecule has 0 saturated carbocycles. The second-order valence-corrected chi connectivity index (χ2v) is 4.85. The number of esters is 1. The molecular formula is C13H19N3O3. The maximum Gasteiger partial charge on any atom is 0.342 e. The Morgan fingerprint density at radius 2 is 2.00 bits per heavy atom. The molecule has 0 aromatic carbocycles. The van der Waals surface area contributed by atoms with Crippen LogP contribution in [0.3, 0.4) is 0 Å². The number of carbonyl (C=O) groups excluding carboxylic acids is 2. The molecule has 1 unspecified atom stereocenters. The van der Waals surface area contributed by atoms with Crippen molar-refractivity contribution < 1.29 is 14.3 Å². The molecule has 1 fully saturated rings. The van der Waals surface area contributed by atoms with Gasteiger partial charge in [-0.2, -0.15) is 5.10 Å². The van der Waals surface area contributed by atoms with Gasteiger partial charge in [0.25, 0.3) is 5.91 Å². The number of amides is 1. The second kappa shape index (κ2) is 5.42.